The van der Waals surface area contributed by atoms with Crippen LogP contribution in [0.15, 0.2) is 30.9 Å². The first kappa shape index (κ1) is 15.5. The van der Waals surface area contributed by atoms with Gasteiger partial charge in [-0.05, 0) is 20.0 Å². The van der Waals surface area contributed by atoms with E-state index in [0.29, 0.717) is 12.4 Å². The highest BCUT2D eigenvalue weighted by Gasteiger charge is 2.11. The van der Waals surface area contributed by atoms with E-state index in [1.807, 2.05) is 32.2 Å². The molecule has 4 heteroatoms. The predicted molar refractivity (Wildman–Crippen MR) is 79.9 cm³/mol. The molecule has 4 nitrogen and oxygen atoms in total. The summed E-state index contributed by atoms with van der Waals surface area (Å²) in [6, 6.07) is 5.89. The Morgan fingerprint density at radius 2 is 2.26 bits per heavy atom. The van der Waals surface area contributed by atoms with Gasteiger partial charge in [-0.15, -0.1) is 6.58 Å². The average Bonchev–Trinajstić information content (AvgIpc) is 2.42. The summed E-state index contributed by atoms with van der Waals surface area (Å²) in [5, 5.41) is 13.2. The Labute approximate surface area is 115 Å². The molecule has 1 atom stereocenters. The third-order valence-corrected chi connectivity index (χ3v) is 3.19. The molecule has 1 unspecified atom stereocenters. The normalized spacial score (nSPS) is 12.2. The van der Waals surface area contributed by atoms with Crippen LogP contribution < -0.4 is 10.2 Å². The molecule has 0 aliphatic carbocycles. The minimum absolute atomic E-state index is 0.126. The summed E-state index contributed by atoms with van der Waals surface area (Å²) in [4.78, 5) is 2.12. The Hall–Kier alpha value is -1.52. The highest BCUT2D eigenvalue weighted by Crippen LogP contribution is 2.28. The Balaban J connectivity index is 2.92. The zero-order valence-electron chi connectivity index (χ0n) is 12.0. The fourth-order valence-electron chi connectivity index (χ4n) is 1.93. The van der Waals surface area contributed by atoms with E-state index in [2.05, 4.69) is 16.8 Å². The number of anilines is 1. The van der Waals surface area contributed by atoms with Crippen LogP contribution >= 0.6 is 0 Å². The lowest BCUT2D eigenvalue weighted by Gasteiger charge is -2.24. The van der Waals surface area contributed by atoms with Gasteiger partial charge >= 0.3 is 0 Å². The van der Waals surface area contributed by atoms with Crippen molar-refractivity contribution in [2.24, 2.45) is 0 Å². The summed E-state index contributed by atoms with van der Waals surface area (Å²) in [5.74, 6) is 0.311. The molecule has 0 saturated heterocycles. The highest BCUT2D eigenvalue weighted by atomic mass is 16.5. The maximum atomic E-state index is 10.1. The van der Waals surface area contributed by atoms with E-state index in [0.717, 1.165) is 24.3 Å². The van der Waals surface area contributed by atoms with Gasteiger partial charge in [-0.2, -0.15) is 0 Å². The maximum Gasteiger partial charge on any atom is 0.122 e. The van der Waals surface area contributed by atoms with Crippen molar-refractivity contribution in [2.75, 3.05) is 38.8 Å². The lowest BCUT2D eigenvalue weighted by atomic mass is 10.1. The molecular formula is C15H24N2O2. The molecule has 0 aromatic heterocycles. The Kier molecular flexibility index (Phi) is 6.39. The topological polar surface area (TPSA) is 44.7 Å². The van der Waals surface area contributed by atoms with Gasteiger partial charge in [0, 0.05) is 43.6 Å². The van der Waals surface area contributed by atoms with E-state index < -0.39 is 0 Å². The van der Waals surface area contributed by atoms with Gasteiger partial charge in [-0.25, -0.2) is 0 Å². The molecular weight excluding hydrogens is 240 g/mol. The SMILES string of the molecule is C=CCN(CCOC)c1ccc(C(C)NC)c(O)c1. The first-order valence-corrected chi connectivity index (χ1v) is 6.49. The second kappa shape index (κ2) is 7.81. The van der Waals surface area contributed by atoms with Crippen LogP contribution in [0.4, 0.5) is 5.69 Å². The molecule has 2 N–H and O–H groups in total. The minimum Gasteiger partial charge on any atom is -0.508 e. The zero-order valence-corrected chi connectivity index (χ0v) is 12.0. The second-order valence-corrected chi connectivity index (χ2v) is 4.48. The van der Waals surface area contributed by atoms with E-state index in [-0.39, 0.29) is 6.04 Å². The summed E-state index contributed by atoms with van der Waals surface area (Å²) < 4.78 is 5.10. The molecule has 0 fully saturated rings. The lowest BCUT2D eigenvalue weighted by molar-refractivity contribution is 0.206. The van der Waals surface area contributed by atoms with Crippen molar-refractivity contribution in [1.82, 2.24) is 5.32 Å². The van der Waals surface area contributed by atoms with Gasteiger partial charge in [-0.1, -0.05) is 12.1 Å². The van der Waals surface area contributed by atoms with Crippen molar-refractivity contribution >= 4 is 5.69 Å². The molecule has 1 aromatic rings. The number of rotatable bonds is 8. The van der Waals surface area contributed by atoms with E-state index in [4.69, 9.17) is 4.74 Å². The number of methoxy groups -OCH3 is 1. The fraction of sp³-hybridized carbons (Fsp3) is 0.467. The van der Waals surface area contributed by atoms with Crippen molar-refractivity contribution in [3.05, 3.63) is 36.4 Å². The first-order valence-electron chi connectivity index (χ1n) is 6.49. The Morgan fingerprint density at radius 3 is 2.79 bits per heavy atom. The van der Waals surface area contributed by atoms with Crippen molar-refractivity contribution in [3.8, 4) is 5.75 Å². The van der Waals surface area contributed by atoms with Gasteiger partial charge in [0.2, 0.25) is 0 Å². The number of nitrogens with zero attached hydrogens (tertiary/aromatic N) is 1. The number of benzene rings is 1. The summed E-state index contributed by atoms with van der Waals surface area (Å²) in [6.45, 7) is 7.91. The number of phenols is 1. The largest absolute Gasteiger partial charge is 0.508 e. The van der Waals surface area contributed by atoms with Crippen molar-refractivity contribution in [1.29, 1.82) is 0 Å². The Bertz CT molecular complexity index is 407. The number of nitrogens with one attached hydrogen (secondary N) is 1. The van der Waals surface area contributed by atoms with Crippen molar-refractivity contribution < 1.29 is 9.84 Å². The van der Waals surface area contributed by atoms with Crippen LogP contribution in [0.1, 0.15) is 18.5 Å². The average molecular weight is 264 g/mol. The van der Waals surface area contributed by atoms with Crippen molar-refractivity contribution in [3.63, 3.8) is 0 Å². The minimum atomic E-state index is 0.126. The summed E-state index contributed by atoms with van der Waals surface area (Å²) in [5.41, 5.74) is 1.87. The van der Waals surface area contributed by atoms with E-state index in [9.17, 15) is 5.11 Å². The van der Waals surface area contributed by atoms with E-state index >= 15 is 0 Å². The van der Waals surface area contributed by atoms with Gasteiger partial charge in [0.1, 0.15) is 5.75 Å². The number of aromatic hydroxyl groups is 1. The smallest absolute Gasteiger partial charge is 0.122 e. The van der Waals surface area contributed by atoms with E-state index in [1.54, 1.807) is 13.2 Å². The molecule has 19 heavy (non-hydrogen) atoms. The summed E-state index contributed by atoms with van der Waals surface area (Å²) >= 11 is 0. The van der Waals surface area contributed by atoms with Gasteiger partial charge in [0.25, 0.3) is 0 Å². The lowest BCUT2D eigenvalue weighted by Crippen LogP contribution is -2.27. The molecule has 0 aliphatic rings. The quantitative estimate of drug-likeness (QED) is 0.707. The monoisotopic (exact) mass is 264 g/mol. The van der Waals surface area contributed by atoms with Crippen LogP contribution in [-0.2, 0) is 4.74 Å². The molecule has 0 heterocycles. The van der Waals surface area contributed by atoms with Crippen LogP contribution in [0.25, 0.3) is 0 Å². The molecule has 0 bridgehead atoms. The molecule has 1 aromatic carbocycles. The number of hydrogen-bond donors (Lipinski definition) is 2. The van der Waals surface area contributed by atoms with Crippen LogP contribution in [0.3, 0.4) is 0 Å². The standard InChI is InChI=1S/C15H24N2O2/c1-5-8-17(9-10-19-4)13-6-7-14(12(2)16-3)15(18)11-13/h5-7,11-12,16,18H,1,8-10H2,2-4H3. The van der Waals surface area contributed by atoms with Gasteiger partial charge in [-0.3, -0.25) is 0 Å². The van der Waals surface area contributed by atoms with Crippen LogP contribution in [0, 0.1) is 0 Å². The van der Waals surface area contributed by atoms with Gasteiger partial charge < -0.3 is 20.1 Å². The summed E-state index contributed by atoms with van der Waals surface area (Å²) in [6.07, 6.45) is 1.84. The third kappa shape index (κ3) is 4.26. The van der Waals surface area contributed by atoms with E-state index in [1.165, 1.54) is 0 Å². The van der Waals surface area contributed by atoms with Gasteiger partial charge in [0.05, 0.1) is 6.61 Å². The van der Waals surface area contributed by atoms with Gasteiger partial charge in [0.15, 0.2) is 0 Å². The summed E-state index contributed by atoms with van der Waals surface area (Å²) in [7, 11) is 3.56. The maximum absolute atomic E-state index is 10.1. The molecule has 106 valence electrons. The third-order valence-electron chi connectivity index (χ3n) is 3.19. The number of phenolic OH excluding ortho intramolecular Hbond substituents is 1. The Morgan fingerprint density at radius 1 is 1.53 bits per heavy atom. The molecule has 0 saturated carbocycles. The van der Waals surface area contributed by atoms with Crippen LogP contribution in [-0.4, -0.2) is 39.0 Å². The molecule has 0 amide bonds. The highest BCUT2D eigenvalue weighted by molar-refractivity contribution is 5.54. The number of hydrogen-bond acceptors (Lipinski definition) is 4. The van der Waals surface area contributed by atoms with Crippen LogP contribution in [0.5, 0.6) is 5.75 Å². The first-order chi connectivity index (χ1) is 9.13. The molecule has 0 spiro atoms. The van der Waals surface area contributed by atoms with Crippen molar-refractivity contribution in [2.45, 2.75) is 13.0 Å². The zero-order chi connectivity index (χ0) is 14.3. The van der Waals surface area contributed by atoms with Crippen LogP contribution in [0.2, 0.25) is 0 Å². The number of ether oxygens (including phenoxy) is 1. The molecule has 0 radical (unpaired) electrons. The predicted octanol–water partition coefficient (Wildman–Crippen LogP) is 2.31. The second-order valence-electron chi connectivity index (χ2n) is 4.48. The molecule has 0 aliphatic heterocycles. The molecule has 1 rings (SSSR count). The fourth-order valence-corrected chi connectivity index (χ4v) is 1.93.